The third-order valence-corrected chi connectivity index (χ3v) is 4.78. The van der Waals surface area contributed by atoms with Crippen molar-refractivity contribution in [2.75, 3.05) is 0 Å². The minimum absolute atomic E-state index is 0.0192. The van der Waals surface area contributed by atoms with Gasteiger partial charge < -0.3 is 9.52 Å². The highest BCUT2D eigenvalue weighted by Gasteiger charge is 2.18. The number of carboxylic acid groups (broad SMARTS) is 1. The lowest BCUT2D eigenvalue weighted by Gasteiger charge is -2.02. The summed E-state index contributed by atoms with van der Waals surface area (Å²) in [5.74, 6) is 0.0424. The number of thiophene rings is 1. The van der Waals surface area contributed by atoms with Crippen molar-refractivity contribution in [3.63, 3.8) is 0 Å². The maximum atomic E-state index is 11.9. The predicted molar refractivity (Wildman–Crippen MR) is 68.7 cm³/mol. The van der Waals surface area contributed by atoms with E-state index in [0.29, 0.717) is 11.5 Å². The first-order valence-electron chi connectivity index (χ1n) is 5.25. The molecule has 0 saturated carbocycles. The fourth-order valence-electron chi connectivity index (χ4n) is 1.40. The first kappa shape index (κ1) is 13.8. The Morgan fingerprint density at radius 1 is 1.47 bits per heavy atom. The summed E-state index contributed by atoms with van der Waals surface area (Å²) < 4.78 is 31.4. The molecule has 0 aliphatic rings. The molecule has 0 aliphatic heterocycles. The van der Waals surface area contributed by atoms with Gasteiger partial charge in [-0.05, 0) is 25.1 Å². The van der Waals surface area contributed by atoms with Crippen LogP contribution in [-0.2, 0) is 16.6 Å². The van der Waals surface area contributed by atoms with Gasteiger partial charge in [-0.15, -0.1) is 11.3 Å². The molecule has 0 aliphatic carbocycles. The molecule has 2 rings (SSSR count). The van der Waals surface area contributed by atoms with Gasteiger partial charge >= 0.3 is 5.97 Å². The summed E-state index contributed by atoms with van der Waals surface area (Å²) in [4.78, 5) is 10.6. The van der Waals surface area contributed by atoms with Gasteiger partial charge in [0.1, 0.15) is 16.4 Å². The van der Waals surface area contributed by atoms with Crippen molar-refractivity contribution in [3.8, 4) is 0 Å². The average molecular weight is 301 g/mol. The fourth-order valence-corrected chi connectivity index (χ4v) is 3.51. The zero-order valence-corrected chi connectivity index (χ0v) is 11.5. The Balaban J connectivity index is 2.11. The molecular formula is C11H11NO5S2. The van der Waals surface area contributed by atoms with Crippen LogP contribution in [0.5, 0.6) is 0 Å². The van der Waals surface area contributed by atoms with Gasteiger partial charge in [-0.2, -0.15) is 0 Å². The highest BCUT2D eigenvalue weighted by atomic mass is 32.2. The predicted octanol–water partition coefficient (Wildman–Crippen LogP) is 1.83. The van der Waals surface area contributed by atoms with E-state index in [1.54, 1.807) is 19.1 Å². The van der Waals surface area contributed by atoms with E-state index >= 15 is 0 Å². The number of hydrogen-bond donors (Lipinski definition) is 2. The molecule has 2 N–H and O–H groups in total. The fraction of sp³-hybridized carbons (Fsp3) is 0.182. The molecular weight excluding hydrogens is 290 g/mol. The lowest BCUT2D eigenvalue weighted by Crippen LogP contribution is -2.22. The van der Waals surface area contributed by atoms with E-state index in [2.05, 4.69) is 4.72 Å². The monoisotopic (exact) mass is 301 g/mol. The molecule has 2 aromatic rings. The summed E-state index contributed by atoms with van der Waals surface area (Å²) in [7, 11) is -3.72. The number of aromatic carboxylic acids is 1. The molecule has 2 heterocycles. The van der Waals surface area contributed by atoms with Gasteiger partial charge in [0.05, 0.1) is 11.4 Å². The van der Waals surface area contributed by atoms with Gasteiger partial charge in [0, 0.05) is 5.38 Å². The zero-order valence-electron chi connectivity index (χ0n) is 9.91. The van der Waals surface area contributed by atoms with Crippen molar-refractivity contribution in [1.29, 1.82) is 0 Å². The summed E-state index contributed by atoms with van der Waals surface area (Å²) in [6.45, 7) is 1.78. The highest BCUT2D eigenvalue weighted by Crippen LogP contribution is 2.19. The summed E-state index contributed by atoms with van der Waals surface area (Å²) in [6, 6.07) is 4.54. The maximum absolute atomic E-state index is 11.9. The number of rotatable bonds is 5. The molecule has 0 saturated heterocycles. The van der Waals surface area contributed by atoms with Gasteiger partial charge in [-0.1, -0.05) is 0 Å². The number of hydrogen-bond acceptors (Lipinski definition) is 5. The van der Waals surface area contributed by atoms with Gasteiger partial charge in [0.25, 0.3) is 0 Å². The van der Waals surface area contributed by atoms with Crippen molar-refractivity contribution in [2.24, 2.45) is 0 Å². The Morgan fingerprint density at radius 2 is 2.21 bits per heavy atom. The van der Waals surface area contributed by atoms with E-state index in [4.69, 9.17) is 9.52 Å². The first-order chi connectivity index (χ1) is 8.88. The quantitative estimate of drug-likeness (QED) is 0.878. The Morgan fingerprint density at radius 3 is 2.74 bits per heavy atom. The SMILES string of the molecule is Cc1ccc(CNS(=O)(=O)c2csc(C(=O)O)c2)o1. The third-order valence-electron chi connectivity index (χ3n) is 2.33. The normalized spacial score (nSPS) is 11.6. The summed E-state index contributed by atoms with van der Waals surface area (Å²) >= 11 is 0.868. The van der Waals surface area contributed by atoms with Crippen LogP contribution in [0.3, 0.4) is 0 Å². The number of carbonyl (C=O) groups is 1. The molecule has 2 aromatic heterocycles. The molecule has 6 nitrogen and oxygen atoms in total. The molecule has 0 radical (unpaired) electrons. The average Bonchev–Trinajstić information content (AvgIpc) is 2.95. The molecule has 0 fully saturated rings. The summed E-state index contributed by atoms with van der Waals surface area (Å²) in [5, 5.41) is 10.0. The first-order valence-corrected chi connectivity index (χ1v) is 7.61. The van der Waals surface area contributed by atoms with Crippen LogP contribution in [-0.4, -0.2) is 19.5 Å². The largest absolute Gasteiger partial charge is 0.477 e. The molecule has 0 spiro atoms. The van der Waals surface area contributed by atoms with Crippen LogP contribution in [0, 0.1) is 6.92 Å². The standard InChI is InChI=1S/C11H11NO5S2/c1-7-2-3-8(17-7)5-12-19(15,16)9-4-10(11(13)14)18-6-9/h2-4,6,12H,5H2,1H3,(H,13,14). The lowest BCUT2D eigenvalue weighted by atomic mass is 10.4. The smallest absolute Gasteiger partial charge is 0.345 e. The molecule has 0 bridgehead atoms. The molecule has 0 amide bonds. The summed E-state index contributed by atoms with van der Waals surface area (Å²) in [6.07, 6.45) is 0. The van der Waals surface area contributed by atoms with Crippen molar-refractivity contribution in [3.05, 3.63) is 40.0 Å². The van der Waals surface area contributed by atoms with Crippen LogP contribution >= 0.6 is 11.3 Å². The molecule has 8 heteroatoms. The Kier molecular flexibility index (Phi) is 3.74. The van der Waals surface area contributed by atoms with E-state index in [-0.39, 0.29) is 16.3 Å². The third kappa shape index (κ3) is 3.22. The highest BCUT2D eigenvalue weighted by molar-refractivity contribution is 7.89. The van der Waals surface area contributed by atoms with Crippen LogP contribution in [0.1, 0.15) is 21.2 Å². The van der Waals surface area contributed by atoms with E-state index in [1.165, 1.54) is 5.38 Å². The van der Waals surface area contributed by atoms with E-state index in [1.807, 2.05) is 0 Å². The van der Waals surface area contributed by atoms with Crippen LogP contribution in [0.2, 0.25) is 0 Å². The Bertz CT molecular complexity index is 698. The second-order valence-corrected chi connectivity index (χ2v) is 6.47. The number of carboxylic acids is 1. The Hall–Kier alpha value is -1.64. The second-order valence-electron chi connectivity index (χ2n) is 3.79. The molecule has 102 valence electrons. The minimum Gasteiger partial charge on any atom is -0.477 e. The van der Waals surface area contributed by atoms with E-state index in [9.17, 15) is 13.2 Å². The summed E-state index contributed by atoms with van der Waals surface area (Å²) in [5.41, 5.74) is 0. The molecule has 0 unspecified atom stereocenters. The molecule has 0 atom stereocenters. The number of furan rings is 1. The Labute approximate surface area is 113 Å². The van der Waals surface area contributed by atoms with Crippen LogP contribution < -0.4 is 4.72 Å². The van der Waals surface area contributed by atoms with Gasteiger partial charge in [-0.3, -0.25) is 0 Å². The van der Waals surface area contributed by atoms with Crippen molar-refractivity contribution in [1.82, 2.24) is 4.72 Å². The van der Waals surface area contributed by atoms with Crippen LogP contribution in [0.15, 0.2) is 32.9 Å². The number of aryl methyl sites for hydroxylation is 1. The lowest BCUT2D eigenvalue weighted by molar-refractivity contribution is 0.0702. The topological polar surface area (TPSA) is 96.6 Å². The van der Waals surface area contributed by atoms with Crippen LogP contribution in [0.25, 0.3) is 0 Å². The number of nitrogens with one attached hydrogen (secondary N) is 1. The van der Waals surface area contributed by atoms with Crippen molar-refractivity contribution in [2.45, 2.75) is 18.4 Å². The van der Waals surface area contributed by atoms with Gasteiger partial charge in [0.15, 0.2) is 0 Å². The molecule has 0 aromatic carbocycles. The second kappa shape index (κ2) is 5.16. The number of sulfonamides is 1. The van der Waals surface area contributed by atoms with Crippen LogP contribution in [0.4, 0.5) is 0 Å². The zero-order chi connectivity index (χ0) is 14.0. The minimum atomic E-state index is -3.72. The van der Waals surface area contributed by atoms with Gasteiger partial charge in [-0.25, -0.2) is 17.9 Å². The van der Waals surface area contributed by atoms with E-state index in [0.717, 1.165) is 17.4 Å². The molecule has 19 heavy (non-hydrogen) atoms. The van der Waals surface area contributed by atoms with Crippen molar-refractivity contribution >= 4 is 27.3 Å². The van der Waals surface area contributed by atoms with E-state index < -0.39 is 16.0 Å². The van der Waals surface area contributed by atoms with Crippen molar-refractivity contribution < 1.29 is 22.7 Å². The maximum Gasteiger partial charge on any atom is 0.345 e. The van der Waals surface area contributed by atoms with Gasteiger partial charge in [0.2, 0.25) is 10.0 Å².